The Morgan fingerprint density at radius 1 is 1.17 bits per heavy atom. The van der Waals surface area contributed by atoms with Crippen molar-refractivity contribution < 1.29 is 14.3 Å². The van der Waals surface area contributed by atoms with Gasteiger partial charge in [-0.25, -0.2) is 0 Å². The van der Waals surface area contributed by atoms with Crippen molar-refractivity contribution in [3.63, 3.8) is 0 Å². The number of nitrogens with one attached hydrogen (secondary N) is 2. The molecule has 1 heterocycles. The first-order valence-electron chi connectivity index (χ1n) is 7.76. The largest absolute Gasteiger partial charge is 0.454 e. The second-order valence-corrected chi connectivity index (χ2v) is 6.05. The molecule has 0 radical (unpaired) electrons. The second kappa shape index (κ2) is 7.55. The summed E-state index contributed by atoms with van der Waals surface area (Å²) >= 11 is 5.88. The van der Waals surface area contributed by atoms with Gasteiger partial charge in [-0.3, -0.25) is 4.79 Å². The maximum absolute atomic E-state index is 12.0. The van der Waals surface area contributed by atoms with Crippen molar-refractivity contribution >= 4 is 17.5 Å². The van der Waals surface area contributed by atoms with Gasteiger partial charge in [-0.15, -0.1) is 0 Å². The molecular formula is C18H19ClN2O3. The van der Waals surface area contributed by atoms with E-state index < -0.39 is 0 Å². The maximum atomic E-state index is 12.0. The fourth-order valence-electron chi connectivity index (χ4n) is 2.43. The Kier molecular flexibility index (Phi) is 5.23. The smallest absolute Gasteiger partial charge is 0.234 e. The number of rotatable bonds is 6. The molecule has 1 aliphatic rings. The summed E-state index contributed by atoms with van der Waals surface area (Å²) < 4.78 is 10.6. The Morgan fingerprint density at radius 3 is 2.71 bits per heavy atom. The van der Waals surface area contributed by atoms with Gasteiger partial charge in [0.15, 0.2) is 11.5 Å². The summed E-state index contributed by atoms with van der Waals surface area (Å²) in [7, 11) is 0. The van der Waals surface area contributed by atoms with Gasteiger partial charge in [0, 0.05) is 17.6 Å². The molecule has 1 amide bonds. The lowest BCUT2D eigenvalue weighted by Crippen LogP contribution is -2.34. The Hall–Kier alpha value is -2.24. The van der Waals surface area contributed by atoms with Gasteiger partial charge >= 0.3 is 0 Å². The minimum Gasteiger partial charge on any atom is -0.454 e. The summed E-state index contributed by atoms with van der Waals surface area (Å²) in [5.41, 5.74) is 2.06. The molecule has 0 bridgehead atoms. The van der Waals surface area contributed by atoms with Crippen LogP contribution in [-0.4, -0.2) is 19.2 Å². The third-order valence-electron chi connectivity index (χ3n) is 3.87. The third kappa shape index (κ3) is 4.19. The molecule has 0 spiro atoms. The van der Waals surface area contributed by atoms with Crippen LogP contribution in [0.25, 0.3) is 0 Å². The van der Waals surface area contributed by atoms with E-state index in [1.54, 1.807) is 0 Å². The Balaban J connectivity index is 1.45. The second-order valence-electron chi connectivity index (χ2n) is 5.62. The molecule has 0 unspecified atom stereocenters. The number of ether oxygens (including phenoxy) is 2. The normalized spacial score (nSPS) is 13.6. The van der Waals surface area contributed by atoms with Crippen molar-refractivity contribution in [2.24, 2.45) is 0 Å². The van der Waals surface area contributed by atoms with E-state index in [0.717, 1.165) is 22.6 Å². The molecule has 3 rings (SSSR count). The zero-order valence-corrected chi connectivity index (χ0v) is 14.1. The molecular weight excluding hydrogens is 328 g/mol. The molecule has 2 aromatic carbocycles. The maximum Gasteiger partial charge on any atom is 0.234 e. The average Bonchev–Trinajstić information content (AvgIpc) is 3.06. The Labute approximate surface area is 145 Å². The van der Waals surface area contributed by atoms with E-state index in [1.807, 2.05) is 49.4 Å². The highest BCUT2D eigenvalue weighted by Gasteiger charge is 2.13. The third-order valence-corrected chi connectivity index (χ3v) is 4.12. The quantitative estimate of drug-likeness (QED) is 0.844. The predicted molar refractivity (Wildman–Crippen MR) is 92.3 cm³/mol. The van der Waals surface area contributed by atoms with Gasteiger partial charge in [-0.1, -0.05) is 29.8 Å². The first kappa shape index (κ1) is 16.6. The van der Waals surface area contributed by atoms with Crippen LogP contribution >= 0.6 is 11.6 Å². The van der Waals surface area contributed by atoms with Crippen LogP contribution in [0.4, 0.5) is 0 Å². The number of hydrogen-bond acceptors (Lipinski definition) is 4. The molecule has 0 fully saturated rings. The van der Waals surface area contributed by atoms with Gasteiger partial charge in [0.1, 0.15) is 0 Å². The van der Waals surface area contributed by atoms with Gasteiger partial charge in [-0.2, -0.15) is 0 Å². The summed E-state index contributed by atoms with van der Waals surface area (Å²) in [5.74, 6) is 1.40. The lowest BCUT2D eigenvalue weighted by atomic mass is 10.1. The van der Waals surface area contributed by atoms with Crippen LogP contribution in [0.15, 0.2) is 42.5 Å². The van der Waals surface area contributed by atoms with Crippen molar-refractivity contribution in [1.29, 1.82) is 0 Å². The number of amides is 1. The lowest BCUT2D eigenvalue weighted by Gasteiger charge is -2.14. The highest BCUT2D eigenvalue weighted by molar-refractivity contribution is 6.30. The first-order valence-corrected chi connectivity index (χ1v) is 8.13. The van der Waals surface area contributed by atoms with Gasteiger partial charge in [-0.05, 0) is 42.3 Å². The van der Waals surface area contributed by atoms with Gasteiger partial charge < -0.3 is 20.1 Å². The molecule has 2 aromatic rings. The molecule has 0 aromatic heterocycles. The molecule has 0 saturated carbocycles. The average molecular weight is 347 g/mol. The molecule has 0 aliphatic carbocycles. The van der Waals surface area contributed by atoms with E-state index in [0.29, 0.717) is 11.6 Å². The van der Waals surface area contributed by atoms with Crippen molar-refractivity contribution in [1.82, 2.24) is 10.6 Å². The Bertz CT molecular complexity index is 719. The van der Waals surface area contributed by atoms with E-state index in [-0.39, 0.29) is 25.3 Å². The minimum absolute atomic E-state index is 0.0616. The molecule has 5 nitrogen and oxygen atoms in total. The van der Waals surface area contributed by atoms with E-state index >= 15 is 0 Å². The number of carbonyl (C=O) groups is 1. The van der Waals surface area contributed by atoms with Gasteiger partial charge in [0.25, 0.3) is 0 Å². The van der Waals surface area contributed by atoms with Crippen LogP contribution in [0.5, 0.6) is 11.5 Å². The van der Waals surface area contributed by atoms with Crippen LogP contribution in [0.2, 0.25) is 5.02 Å². The van der Waals surface area contributed by atoms with Crippen molar-refractivity contribution in [2.45, 2.75) is 19.5 Å². The van der Waals surface area contributed by atoms with E-state index in [1.165, 1.54) is 0 Å². The SMILES string of the molecule is C[C@@H](NCC(=O)NCc1ccc2c(c1)OCO2)c1ccc(Cl)cc1. The zero-order chi connectivity index (χ0) is 16.9. The summed E-state index contributed by atoms with van der Waals surface area (Å²) in [5, 5.41) is 6.78. The summed E-state index contributed by atoms with van der Waals surface area (Å²) in [6, 6.07) is 13.3. The molecule has 126 valence electrons. The number of fused-ring (bicyclic) bond motifs is 1. The molecule has 1 atom stereocenters. The molecule has 0 saturated heterocycles. The number of benzene rings is 2. The van der Waals surface area contributed by atoms with Crippen molar-refractivity contribution in [3.8, 4) is 11.5 Å². The lowest BCUT2D eigenvalue weighted by molar-refractivity contribution is -0.120. The molecule has 6 heteroatoms. The monoisotopic (exact) mass is 346 g/mol. The van der Waals surface area contributed by atoms with Crippen LogP contribution in [0, 0.1) is 0 Å². The van der Waals surface area contributed by atoms with E-state index in [4.69, 9.17) is 21.1 Å². The highest BCUT2D eigenvalue weighted by atomic mass is 35.5. The van der Waals surface area contributed by atoms with Crippen LogP contribution in [0.3, 0.4) is 0 Å². The van der Waals surface area contributed by atoms with Gasteiger partial charge in [0.05, 0.1) is 6.54 Å². The van der Waals surface area contributed by atoms with Crippen LogP contribution < -0.4 is 20.1 Å². The summed E-state index contributed by atoms with van der Waals surface area (Å²) in [6.07, 6.45) is 0. The Morgan fingerprint density at radius 2 is 1.92 bits per heavy atom. The fourth-order valence-corrected chi connectivity index (χ4v) is 2.56. The van der Waals surface area contributed by atoms with Crippen molar-refractivity contribution in [3.05, 3.63) is 58.6 Å². The fraction of sp³-hybridized carbons (Fsp3) is 0.278. The zero-order valence-electron chi connectivity index (χ0n) is 13.3. The van der Waals surface area contributed by atoms with Crippen molar-refractivity contribution in [2.75, 3.05) is 13.3 Å². The summed E-state index contributed by atoms with van der Waals surface area (Å²) in [6.45, 7) is 2.95. The number of hydrogen-bond donors (Lipinski definition) is 2. The molecule has 1 aliphatic heterocycles. The molecule has 2 N–H and O–H groups in total. The standard InChI is InChI=1S/C18H19ClN2O3/c1-12(14-3-5-15(19)6-4-14)20-10-18(22)21-9-13-2-7-16-17(8-13)24-11-23-16/h2-8,12,20H,9-11H2,1H3,(H,21,22)/t12-/m1/s1. The number of halogens is 1. The highest BCUT2D eigenvalue weighted by Crippen LogP contribution is 2.32. The van der Waals surface area contributed by atoms with Gasteiger partial charge in [0.2, 0.25) is 12.7 Å². The van der Waals surface area contributed by atoms with Crippen LogP contribution in [0.1, 0.15) is 24.1 Å². The van der Waals surface area contributed by atoms with E-state index in [9.17, 15) is 4.79 Å². The topological polar surface area (TPSA) is 59.6 Å². The first-order chi connectivity index (χ1) is 11.6. The predicted octanol–water partition coefficient (Wildman–Crippen LogP) is 3.04. The molecule has 24 heavy (non-hydrogen) atoms. The summed E-state index contributed by atoms with van der Waals surface area (Å²) in [4.78, 5) is 12.0. The minimum atomic E-state index is -0.0616. The number of carbonyl (C=O) groups excluding carboxylic acids is 1. The van der Waals surface area contributed by atoms with Crippen LogP contribution in [-0.2, 0) is 11.3 Å². The van der Waals surface area contributed by atoms with E-state index in [2.05, 4.69) is 10.6 Å².